The lowest BCUT2D eigenvalue weighted by Gasteiger charge is -2.25. The van der Waals surface area contributed by atoms with Crippen molar-refractivity contribution in [2.24, 2.45) is 4.99 Å². The normalized spacial score (nSPS) is 15.1. The Bertz CT molecular complexity index is 1580. The lowest BCUT2D eigenvalue weighted by Crippen LogP contribution is -2.39. The molecule has 1 atom stereocenters. The number of hydrogen-bond donors (Lipinski definition) is 0. The van der Waals surface area contributed by atoms with Crippen molar-refractivity contribution in [3.05, 3.63) is 98.3 Å². The number of rotatable bonds is 8. The molecule has 2 heterocycles. The van der Waals surface area contributed by atoms with Crippen LogP contribution in [-0.2, 0) is 9.53 Å². The van der Waals surface area contributed by atoms with Gasteiger partial charge in [-0.25, -0.2) is 9.79 Å². The number of aromatic nitrogens is 1. The number of anilines is 1. The highest BCUT2D eigenvalue weighted by molar-refractivity contribution is 14.1. The number of halogens is 2. The summed E-state index contributed by atoms with van der Waals surface area (Å²) < 4.78 is 15.2. The molecule has 4 rings (SSSR count). The van der Waals surface area contributed by atoms with Crippen molar-refractivity contribution in [3.8, 4) is 5.75 Å². The Morgan fingerprint density at radius 2 is 1.87 bits per heavy atom. The fraction of sp³-hybridized carbons (Fsp3) is 0.250. The molecule has 2 aromatic carbocycles. The van der Waals surface area contributed by atoms with E-state index in [1.807, 2.05) is 61.5 Å². The summed E-state index contributed by atoms with van der Waals surface area (Å²) in [6.07, 6.45) is 3.57. The van der Waals surface area contributed by atoms with Gasteiger partial charge in [-0.3, -0.25) is 9.36 Å². The molecule has 1 aliphatic heterocycles. The van der Waals surface area contributed by atoms with Gasteiger partial charge >= 0.3 is 5.97 Å². The van der Waals surface area contributed by atoms with E-state index in [4.69, 9.17) is 9.47 Å². The number of carbonyl (C=O) groups is 1. The number of ether oxygens (including phenoxy) is 2. The van der Waals surface area contributed by atoms with E-state index in [1.165, 1.54) is 11.3 Å². The molecular weight excluding hydrogens is 728 g/mol. The van der Waals surface area contributed by atoms with Crippen molar-refractivity contribution in [2.45, 2.75) is 19.9 Å². The highest BCUT2D eigenvalue weighted by atomic mass is 127. The Morgan fingerprint density at radius 1 is 1.21 bits per heavy atom. The quantitative estimate of drug-likeness (QED) is 0.191. The Balaban J connectivity index is 1.88. The van der Waals surface area contributed by atoms with Crippen LogP contribution in [0.25, 0.3) is 6.08 Å². The van der Waals surface area contributed by atoms with E-state index in [2.05, 4.69) is 56.8 Å². The Morgan fingerprint density at radius 3 is 2.45 bits per heavy atom. The first kappa shape index (κ1) is 28.6. The van der Waals surface area contributed by atoms with Crippen LogP contribution in [0.15, 0.2) is 70.1 Å². The van der Waals surface area contributed by atoms with Crippen LogP contribution >= 0.6 is 56.5 Å². The Labute approximate surface area is 252 Å². The van der Waals surface area contributed by atoms with Gasteiger partial charge in [-0.15, -0.1) is 0 Å². The highest BCUT2D eigenvalue weighted by Gasteiger charge is 2.33. The predicted octanol–water partition coefficient (Wildman–Crippen LogP) is 4.64. The van der Waals surface area contributed by atoms with E-state index in [0.717, 1.165) is 29.7 Å². The van der Waals surface area contributed by atoms with Gasteiger partial charge in [-0.05, 0) is 100 Å². The van der Waals surface area contributed by atoms with E-state index in [9.17, 15) is 9.59 Å². The van der Waals surface area contributed by atoms with Gasteiger partial charge < -0.3 is 14.4 Å². The summed E-state index contributed by atoms with van der Waals surface area (Å²) in [5.41, 5.74) is 3.42. The minimum atomic E-state index is -0.640. The molecule has 0 saturated carbocycles. The molecule has 0 amide bonds. The first-order valence-electron chi connectivity index (χ1n) is 11.9. The third kappa shape index (κ3) is 5.76. The molecule has 3 aromatic rings. The number of nitrogens with zero attached hydrogens (tertiary/aromatic N) is 3. The monoisotopic (exact) mass is 755 g/mol. The topological polar surface area (TPSA) is 73.1 Å². The van der Waals surface area contributed by atoms with Gasteiger partial charge in [0.1, 0.15) is 12.4 Å². The summed E-state index contributed by atoms with van der Waals surface area (Å²) in [6.45, 7) is 7.91. The molecule has 0 saturated heterocycles. The van der Waals surface area contributed by atoms with E-state index < -0.39 is 12.0 Å². The molecule has 0 bridgehead atoms. The van der Waals surface area contributed by atoms with E-state index in [-0.39, 0.29) is 12.2 Å². The Hall–Kier alpha value is -2.45. The van der Waals surface area contributed by atoms with Crippen LogP contribution in [0.5, 0.6) is 5.75 Å². The van der Waals surface area contributed by atoms with Crippen molar-refractivity contribution in [1.82, 2.24) is 4.57 Å². The van der Waals surface area contributed by atoms with E-state index in [1.54, 1.807) is 24.5 Å². The van der Waals surface area contributed by atoms with Gasteiger partial charge in [-0.2, -0.15) is 0 Å². The van der Waals surface area contributed by atoms with Crippen LogP contribution in [0.2, 0.25) is 0 Å². The molecule has 10 heteroatoms. The van der Waals surface area contributed by atoms with Crippen LogP contribution in [0.1, 0.15) is 31.0 Å². The number of carbonyl (C=O) groups excluding carboxylic acids is 1. The maximum atomic E-state index is 13.8. The summed E-state index contributed by atoms with van der Waals surface area (Å²) in [6, 6.07) is 11.2. The van der Waals surface area contributed by atoms with Crippen LogP contribution in [-0.4, -0.2) is 37.8 Å². The van der Waals surface area contributed by atoms with Crippen molar-refractivity contribution in [3.63, 3.8) is 0 Å². The standard InChI is InChI=1S/C28H27I2N3O4S/c1-6-12-37-25-20(29)13-17(14-21(25)30)15-22-26(34)33-24(18-8-10-19(11-9-18)32(4)5)23(27(35)36-7-2)16(3)31-28(33)38-22/h6,8-11,13-15,24H,1,7,12H2,2-5H3. The summed E-state index contributed by atoms with van der Waals surface area (Å²) >= 11 is 5.78. The zero-order chi connectivity index (χ0) is 27.6. The summed E-state index contributed by atoms with van der Waals surface area (Å²) in [4.78, 5) is 34.1. The molecule has 0 radical (unpaired) electrons. The molecular formula is C28H27I2N3O4S. The second-order valence-electron chi connectivity index (χ2n) is 8.70. The van der Waals surface area contributed by atoms with E-state index >= 15 is 0 Å². The maximum absolute atomic E-state index is 13.8. The van der Waals surface area contributed by atoms with Gasteiger partial charge in [-0.1, -0.05) is 36.1 Å². The van der Waals surface area contributed by atoms with Crippen LogP contribution in [0.3, 0.4) is 0 Å². The summed E-state index contributed by atoms with van der Waals surface area (Å²) in [5.74, 6) is 0.324. The number of allylic oxidation sites excluding steroid dienone is 1. The van der Waals surface area contributed by atoms with Crippen molar-refractivity contribution >= 4 is 74.3 Å². The number of thiazole rings is 1. The van der Waals surface area contributed by atoms with Crippen LogP contribution < -0.4 is 24.5 Å². The number of benzene rings is 2. The first-order valence-corrected chi connectivity index (χ1v) is 14.8. The van der Waals surface area contributed by atoms with Crippen molar-refractivity contribution in [2.75, 3.05) is 32.2 Å². The molecule has 0 fully saturated rings. The molecule has 0 spiro atoms. The average molecular weight is 755 g/mol. The third-order valence-electron chi connectivity index (χ3n) is 5.91. The molecule has 38 heavy (non-hydrogen) atoms. The minimum absolute atomic E-state index is 0.207. The average Bonchev–Trinajstić information content (AvgIpc) is 3.17. The fourth-order valence-electron chi connectivity index (χ4n) is 4.16. The Kier molecular flexibility index (Phi) is 9.14. The van der Waals surface area contributed by atoms with Crippen molar-refractivity contribution < 1.29 is 14.3 Å². The fourth-order valence-corrected chi connectivity index (χ4v) is 7.33. The molecule has 0 N–H and O–H groups in total. The lowest BCUT2D eigenvalue weighted by molar-refractivity contribution is -0.139. The molecule has 1 aliphatic rings. The molecule has 198 valence electrons. The second-order valence-corrected chi connectivity index (χ2v) is 12.0. The van der Waals surface area contributed by atoms with Gasteiger partial charge in [0.15, 0.2) is 4.80 Å². The lowest BCUT2D eigenvalue weighted by atomic mass is 9.95. The second kappa shape index (κ2) is 12.2. The highest BCUT2D eigenvalue weighted by Crippen LogP contribution is 2.32. The molecule has 1 unspecified atom stereocenters. The smallest absolute Gasteiger partial charge is 0.338 e. The number of fused-ring (bicyclic) bond motifs is 1. The molecule has 0 aliphatic carbocycles. The summed E-state index contributed by atoms with van der Waals surface area (Å²) in [5, 5.41) is 0. The van der Waals surface area contributed by atoms with Gasteiger partial charge in [0, 0.05) is 19.8 Å². The minimum Gasteiger partial charge on any atom is -0.487 e. The zero-order valence-corrected chi connectivity index (χ0v) is 26.6. The van der Waals surface area contributed by atoms with Crippen molar-refractivity contribution in [1.29, 1.82) is 0 Å². The number of esters is 1. The molecule has 1 aromatic heterocycles. The van der Waals surface area contributed by atoms with Gasteiger partial charge in [0.2, 0.25) is 0 Å². The van der Waals surface area contributed by atoms with Gasteiger partial charge in [0.05, 0.1) is 35.6 Å². The summed E-state index contributed by atoms with van der Waals surface area (Å²) in [7, 11) is 3.93. The molecule has 7 nitrogen and oxygen atoms in total. The van der Waals surface area contributed by atoms with E-state index in [0.29, 0.717) is 27.2 Å². The van der Waals surface area contributed by atoms with Gasteiger partial charge in [0.25, 0.3) is 5.56 Å². The van der Waals surface area contributed by atoms with Crippen LogP contribution in [0, 0.1) is 7.14 Å². The van der Waals surface area contributed by atoms with Crippen LogP contribution in [0.4, 0.5) is 5.69 Å². The SMILES string of the molecule is C=CCOc1c(I)cc(C=c2sc3n(c2=O)C(c2ccc(N(C)C)cc2)C(C(=O)OCC)=C(C)N=3)cc1I. The predicted molar refractivity (Wildman–Crippen MR) is 169 cm³/mol. The maximum Gasteiger partial charge on any atom is 0.338 e. The largest absolute Gasteiger partial charge is 0.487 e. The zero-order valence-electron chi connectivity index (χ0n) is 21.5. The third-order valence-corrected chi connectivity index (χ3v) is 8.49. The number of hydrogen-bond acceptors (Lipinski definition) is 7. The first-order chi connectivity index (χ1) is 18.2.